The fraction of sp³-hybridized carbons (Fsp3) is 0.118. The molecule has 0 saturated heterocycles. The predicted molar refractivity (Wildman–Crippen MR) is 85.0 cm³/mol. The number of ether oxygens (including phenoxy) is 1. The molecule has 0 radical (unpaired) electrons. The van der Waals surface area contributed by atoms with Crippen LogP contribution in [-0.4, -0.2) is 16.7 Å². The summed E-state index contributed by atoms with van der Waals surface area (Å²) in [5.41, 5.74) is 9.29. The summed E-state index contributed by atoms with van der Waals surface area (Å²) in [6.45, 7) is 0.461. The van der Waals surface area contributed by atoms with Crippen molar-refractivity contribution in [2.45, 2.75) is 6.54 Å². The van der Waals surface area contributed by atoms with E-state index in [1.54, 1.807) is 7.11 Å². The lowest BCUT2D eigenvalue weighted by molar-refractivity contribution is 0.415. The molecule has 0 amide bonds. The first-order valence-corrected chi connectivity index (χ1v) is 6.56. The Morgan fingerprint density at radius 3 is 2.67 bits per heavy atom. The van der Waals surface area contributed by atoms with Gasteiger partial charge in [-0.25, -0.2) is 4.98 Å². The molecule has 0 aliphatic rings. The Balaban J connectivity index is 2.23. The summed E-state index contributed by atoms with van der Waals surface area (Å²) in [7, 11) is 1.64. The number of nitrogens with zero attached hydrogens (tertiary/aromatic N) is 2. The summed E-state index contributed by atoms with van der Waals surface area (Å²) in [4.78, 5) is 4.69. The van der Waals surface area contributed by atoms with E-state index in [0.717, 1.165) is 33.9 Å². The zero-order chi connectivity index (χ0) is 14.8. The Labute approximate surface area is 123 Å². The third-order valence-electron chi connectivity index (χ3n) is 3.37. The van der Waals surface area contributed by atoms with Gasteiger partial charge in [0.2, 0.25) is 0 Å². The summed E-state index contributed by atoms with van der Waals surface area (Å²) < 4.78 is 7.26. The van der Waals surface area contributed by atoms with Crippen LogP contribution in [0.1, 0.15) is 0 Å². The minimum absolute atomic E-state index is 0.461. The third kappa shape index (κ3) is 2.30. The molecule has 0 bridgehead atoms. The summed E-state index contributed by atoms with van der Waals surface area (Å²) >= 11 is 0. The first kappa shape index (κ1) is 13.1. The van der Waals surface area contributed by atoms with Crippen LogP contribution in [0.4, 0.5) is 5.69 Å². The number of nitrogen functional groups attached to an aromatic ring is 1. The standard InChI is InChI=1S/C17H15N3O/c1-3-10-20-16-9-8-14(21-2)11-15(16)19-17(20)12-4-6-13(18)7-5-12/h1,4-9,11H,10,18H2,2H3. The number of rotatable bonds is 3. The summed E-state index contributed by atoms with van der Waals surface area (Å²) in [5.74, 6) is 4.28. The van der Waals surface area contributed by atoms with E-state index in [9.17, 15) is 0 Å². The van der Waals surface area contributed by atoms with E-state index in [2.05, 4.69) is 10.9 Å². The molecule has 104 valence electrons. The van der Waals surface area contributed by atoms with Crippen molar-refractivity contribution in [1.82, 2.24) is 9.55 Å². The highest BCUT2D eigenvalue weighted by Gasteiger charge is 2.12. The van der Waals surface area contributed by atoms with Gasteiger partial charge in [0.15, 0.2) is 0 Å². The number of hydrogen-bond donors (Lipinski definition) is 1. The van der Waals surface area contributed by atoms with Crippen molar-refractivity contribution < 1.29 is 4.74 Å². The highest BCUT2D eigenvalue weighted by Crippen LogP contribution is 2.27. The highest BCUT2D eigenvalue weighted by atomic mass is 16.5. The van der Waals surface area contributed by atoms with E-state index in [4.69, 9.17) is 16.9 Å². The first-order valence-electron chi connectivity index (χ1n) is 6.56. The molecule has 1 aromatic heterocycles. The fourth-order valence-corrected chi connectivity index (χ4v) is 2.34. The van der Waals surface area contributed by atoms with Crippen molar-refractivity contribution >= 4 is 16.7 Å². The van der Waals surface area contributed by atoms with Crippen LogP contribution >= 0.6 is 0 Å². The first-order chi connectivity index (χ1) is 10.2. The maximum absolute atomic E-state index is 5.74. The van der Waals surface area contributed by atoms with E-state index >= 15 is 0 Å². The van der Waals surface area contributed by atoms with Gasteiger partial charge in [-0.15, -0.1) is 6.42 Å². The average molecular weight is 277 g/mol. The van der Waals surface area contributed by atoms with Crippen molar-refractivity contribution in [1.29, 1.82) is 0 Å². The lowest BCUT2D eigenvalue weighted by atomic mass is 10.2. The highest BCUT2D eigenvalue weighted by molar-refractivity contribution is 5.82. The molecule has 2 aromatic carbocycles. The lowest BCUT2D eigenvalue weighted by Crippen LogP contribution is -1.98. The number of aromatic nitrogens is 2. The number of methoxy groups -OCH3 is 1. The second-order valence-corrected chi connectivity index (χ2v) is 4.70. The van der Waals surface area contributed by atoms with E-state index in [1.807, 2.05) is 47.0 Å². The smallest absolute Gasteiger partial charge is 0.141 e. The molecule has 3 rings (SSSR count). The molecule has 3 aromatic rings. The predicted octanol–water partition coefficient (Wildman–Crippen LogP) is 2.93. The van der Waals surface area contributed by atoms with E-state index < -0.39 is 0 Å². The number of imidazole rings is 1. The largest absolute Gasteiger partial charge is 0.497 e. The molecule has 0 unspecified atom stereocenters. The van der Waals surface area contributed by atoms with E-state index in [0.29, 0.717) is 6.54 Å². The van der Waals surface area contributed by atoms with Gasteiger partial charge < -0.3 is 15.0 Å². The second kappa shape index (κ2) is 5.22. The third-order valence-corrected chi connectivity index (χ3v) is 3.37. The van der Waals surface area contributed by atoms with Crippen LogP contribution in [0, 0.1) is 12.3 Å². The molecule has 0 saturated carbocycles. The van der Waals surface area contributed by atoms with Crippen LogP contribution in [0.5, 0.6) is 5.75 Å². The number of nitrogens with two attached hydrogens (primary N) is 1. The Morgan fingerprint density at radius 1 is 1.24 bits per heavy atom. The minimum atomic E-state index is 0.461. The molecule has 0 aliphatic heterocycles. The molecular weight excluding hydrogens is 262 g/mol. The van der Waals surface area contributed by atoms with E-state index in [1.165, 1.54) is 0 Å². The quantitative estimate of drug-likeness (QED) is 0.591. The summed E-state index contributed by atoms with van der Waals surface area (Å²) in [6.07, 6.45) is 5.49. The van der Waals surface area contributed by atoms with Gasteiger partial charge in [0.25, 0.3) is 0 Å². The van der Waals surface area contributed by atoms with Crippen LogP contribution in [0.2, 0.25) is 0 Å². The molecule has 0 spiro atoms. The molecule has 21 heavy (non-hydrogen) atoms. The second-order valence-electron chi connectivity index (χ2n) is 4.70. The number of anilines is 1. The number of benzene rings is 2. The Morgan fingerprint density at radius 2 is 2.00 bits per heavy atom. The van der Waals surface area contributed by atoms with Crippen molar-refractivity contribution in [3.8, 4) is 29.5 Å². The van der Waals surface area contributed by atoms with Gasteiger partial charge in [0.05, 0.1) is 24.7 Å². The monoisotopic (exact) mass is 277 g/mol. The van der Waals surface area contributed by atoms with Crippen molar-refractivity contribution in [3.63, 3.8) is 0 Å². The topological polar surface area (TPSA) is 53.1 Å². The normalized spacial score (nSPS) is 10.5. The Kier molecular flexibility index (Phi) is 3.25. The zero-order valence-electron chi connectivity index (χ0n) is 11.7. The SMILES string of the molecule is C#CCn1c(-c2ccc(N)cc2)nc2cc(OC)ccc21. The van der Waals surface area contributed by atoms with Gasteiger partial charge in [-0.1, -0.05) is 5.92 Å². The van der Waals surface area contributed by atoms with E-state index in [-0.39, 0.29) is 0 Å². The number of hydrogen-bond acceptors (Lipinski definition) is 3. The molecule has 4 nitrogen and oxygen atoms in total. The van der Waals surface area contributed by atoms with Crippen LogP contribution in [0.15, 0.2) is 42.5 Å². The molecule has 4 heteroatoms. The lowest BCUT2D eigenvalue weighted by Gasteiger charge is -2.06. The Hall–Kier alpha value is -2.93. The van der Waals surface area contributed by atoms with Crippen LogP contribution in [0.3, 0.4) is 0 Å². The maximum atomic E-state index is 5.74. The molecule has 0 aliphatic carbocycles. The molecule has 2 N–H and O–H groups in total. The van der Waals surface area contributed by atoms with Crippen molar-refractivity contribution in [2.24, 2.45) is 0 Å². The summed E-state index contributed by atoms with van der Waals surface area (Å²) in [6, 6.07) is 13.4. The van der Waals surface area contributed by atoms with Gasteiger partial charge in [0, 0.05) is 17.3 Å². The summed E-state index contributed by atoms with van der Waals surface area (Å²) in [5, 5.41) is 0. The van der Waals surface area contributed by atoms with Crippen LogP contribution < -0.4 is 10.5 Å². The van der Waals surface area contributed by atoms with Crippen LogP contribution in [-0.2, 0) is 6.54 Å². The Bertz CT molecular complexity index is 826. The average Bonchev–Trinajstić information content (AvgIpc) is 2.86. The van der Waals surface area contributed by atoms with Gasteiger partial charge >= 0.3 is 0 Å². The molecule has 1 heterocycles. The van der Waals surface area contributed by atoms with Gasteiger partial charge in [0.1, 0.15) is 11.6 Å². The van der Waals surface area contributed by atoms with Gasteiger partial charge in [-0.05, 0) is 36.4 Å². The van der Waals surface area contributed by atoms with Crippen molar-refractivity contribution in [2.75, 3.05) is 12.8 Å². The molecule has 0 atom stereocenters. The minimum Gasteiger partial charge on any atom is -0.497 e. The van der Waals surface area contributed by atoms with Crippen molar-refractivity contribution in [3.05, 3.63) is 42.5 Å². The molecular formula is C17H15N3O. The maximum Gasteiger partial charge on any atom is 0.141 e. The number of fused-ring (bicyclic) bond motifs is 1. The van der Waals surface area contributed by atoms with Gasteiger partial charge in [-0.2, -0.15) is 0 Å². The molecule has 0 fully saturated rings. The fourth-order valence-electron chi connectivity index (χ4n) is 2.34. The number of terminal acetylenes is 1. The van der Waals surface area contributed by atoms with Crippen LogP contribution in [0.25, 0.3) is 22.4 Å². The van der Waals surface area contributed by atoms with Gasteiger partial charge in [-0.3, -0.25) is 0 Å². The zero-order valence-corrected chi connectivity index (χ0v) is 11.7.